The number of aromatic nitrogens is 1. The molecule has 0 saturated heterocycles. The molecule has 0 N–H and O–H groups in total. The molecule has 1 nitrogen and oxygen atoms in total. The molecule has 1 heterocycles. The van der Waals surface area contributed by atoms with Crippen LogP contribution in [0, 0.1) is 0 Å². The highest BCUT2D eigenvalue weighted by atomic mass is 79.9. The third-order valence-corrected chi connectivity index (χ3v) is 3.85. The molecule has 0 spiro atoms. The van der Waals surface area contributed by atoms with Gasteiger partial charge in [0.15, 0.2) is 0 Å². The zero-order chi connectivity index (χ0) is 9.10. The first-order valence-electron chi connectivity index (χ1n) is 4.93. The van der Waals surface area contributed by atoms with E-state index in [0.29, 0.717) is 10.7 Å². The van der Waals surface area contributed by atoms with E-state index >= 15 is 0 Å². The summed E-state index contributed by atoms with van der Waals surface area (Å²) in [5, 5.41) is 0. The van der Waals surface area contributed by atoms with Crippen LogP contribution in [0.25, 0.3) is 0 Å². The van der Waals surface area contributed by atoms with Crippen molar-refractivity contribution in [2.24, 2.45) is 0 Å². The molecule has 1 aliphatic rings. The smallest absolute Gasteiger partial charge is 0.0445 e. The summed E-state index contributed by atoms with van der Waals surface area (Å²) in [6.45, 7) is 0. The zero-order valence-corrected chi connectivity index (χ0v) is 9.20. The highest BCUT2D eigenvalue weighted by molar-refractivity contribution is 9.09. The van der Waals surface area contributed by atoms with Gasteiger partial charge in [-0.25, -0.2) is 0 Å². The van der Waals surface area contributed by atoms with Crippen molar-refractivity contribution >= 4 is 15.9 Å². The minimum absolute atomic E-state index is 0.634. The van der Waals surface area contributed by atoms with Gasteiger partial charge in [0, 0.05) is 22.6 Å². The quantitative estimate of drug-likeness (QED) is 0.684. The molecule has 1 aromatic heterocycles. The lowest BCUT2D eigenvalue weighted by atomic mass is 9.86. The maximum atomic E-state index is 4.42. The first-order chi connectivity index (χ1) is 6.38. The van der Waals surface area contributed by atoms with Crippen molar-refractivity contribution in [2.45, 2.75) is 36.4 Å². The van der Waals surface area contributed by atoms with Gasteiger partial charge in [-0.3, -0.25) is 4.98 Å². The Balaban J connectivity index is 2.15. The minimum Gasteiger partial charge on any atom is -0.261 e. The maximum Gasteiger partial charge on any atom is 0.0445 e. The number of halogens is 1. The predicted molar refractivity (Wildman–Crippen MR) is 58.2 cm³/mol. The first kappa shape index (κ1) is 9.20. The van der Waals surface area contributed by atoms with Gasteiger partial charge < -0.3 is 0 Å². The molecule has 1 fully saturated rings. The minimum atomic E-state index is 0.634. The summed E-state index contributed by atoms with van der Waals surface area (Å²) in [6, 6.07) is 6.20. The third-order valence-electron chi connectivity index (χ3n) is 2.75. The summed E-state index contributed by atoms with van der Waals surface area (Å²) in [5.41, 5.74) is 1.25. The number of hydrogen-bond donors (Lipinski definition) is 0. The predicted octanol–water partition coefficient (Wildman–Crippen LogP) is 3.50. The fraction of sp³-hybridized carbons (Fsp3) is 0.545. The number of hydrogen-bond acceptors (Lipinski definition) is 1. The summed E-state index contributed by atoms with van der Waals surface area (Å²) < 4.78 is 0. The first-order valence-corrected chi connectivity index (χ1v) is 5.84. The van der Waals surface area contributed by atoms with Gasteiger partial charge >= 0.3 is 0 Å². The molecule has 2 rings (SSSR count). The van der Waals surface area contributed by atoms with E-state index in [9.17, 15) is 0 Å². The van der Waals surface area contributed by atoms with E-state index < -0.39 is 0 Å². The second-order valence-corrected chi connectivity index (χ2v) is 4.84. The lowest BCUT2D eigenvalue weighted by Gasteiger charge is -2.26. The van der Waals surface area contributed by atoms with Crippen LogP contribution in [0.1, 0.15) is 37.3 Å². The van der Waals surface area contributed by atoms with Gasteiger partial charge in [0.2, 0.25) is 0 Å². The highest BCUT2D eigenvalue weighted by Crippen LogP contribution is 2.36. The Hall–Kier alpha value is -0.370. The average Bonchev–Trinajstić information content (AvgIpc) is 2.20. The monoisotopic (exact) mass is 239 g/mol. The molecular weight excluding hydrogens is 226 g/mol. The molecule has 1 saturated carbocycles. The van der Waals surface area contributed by atoms with Crippen LogP contribution in [0.15, 0.2) is 24.4 Å². The number of pyridine rings is 1. The van der Waals surface area contributed by atoms with Crippen molar-refractivity contribution in [1.29, 1.82) is 0 Å². The molecule has 2 atom stereocenters. The van der Waals surface area contributed by atoms with Crippen LogP contribution in [0.4, 0.5) is 0 Å². The van der Waals surface area contributed by atoms with Crippen LogP contribution >= 0.6 is 15.9 Å². The molecule has 13 heavy (non-hydrogen) atoms. The fourth-order valence-electron chi connectivity index (χ4n) is 2.01. The largest absolute Gasteiger partial charge is 0.261 e. The Kier molecular flexibility index (Phi) is 2.99. The van der Waals surface area contributed by atoms with Crippen molar-refractivity contribution in [3.63, 3.8) is 0 Å². The molecule has 2 unspecified atom stereocenters. The van der Waals surface area contributed by atoms with Gasteiger partial charge in [0.25, 0.3) is 0 Å². The summed E-state index contributed by atoms with van der Waals surface area (Å²) in [7, 11) is 0. The Morgan fingerprint density at radius 3 is 2.77 bits per heavy atom. The van der Waals surface area contributed by atoms with Gasteiger partial charge in [-0.05, 0) is 25.0 Å². The number of alkyl halides is 1. The Morgan fingerprint density at radius 2 is 2.08 bits per heavy atom. The standard InChI is InChI=1S/C11H14BrN/c12-10-6-2-1-5-9(10)11-7-3-4-8-13-11/h3-4,7-10H,1-2,5-6H2. The van der Waals surface area contributed by atoms with Gasteiger partial charge in [-0.1, -0.05) is 34.8 Å². The summed E-state index contributed by atoms with van der Waals surface area (Å²) in [5.74, 6) is 0.634. The van der Waals surface area contributed by atoms with E-state index in [-0.39, 0.29) is 0 Å². The molecular formula is C11H14BrN. The fourth-order valence-corrected chi connectivity index (χ4v) is 2.87. The van der Waals surface area contributed by atoms with E-state index in [1.54, 1.807) is 0 Å². The molecule has 0 bridgehead atoms. The number of nitrogens with zero attached hydrogens (tertiary/aromatic N) is 1. The molecule has 2 heteroatoms. The third kappa shape index (κ3) is 2.11. The van der Waals surface area contributed by atoms with E-state index in [1.165, 1.54) is 31.4 Å². The van der Waals surface area contributed by atoms with Crippen molar-refractivity contribution in [1.82, 2.24) is 4.98 Å². The number of rotatable bonds is 1. The van der Waals surface area contributed by atoms with Crippen LogP contribution in [-0.2, 0) is 0 Å². The molecule has 1 aromatic rings. The van der Waals surface area contributed by atoms with E-state index in [0.717, 1.165) is 0 Å². The van der Waals surface area contributed by atoms with Gasteiger partial charge in [-0.15, -0.1) is 0 Å². The van der Waals surface area contributed by atoms with Crippen LogP contribution in [0.3, 0.4) is 0 Å². The lowest BCUT2D eigenvalue weighted by Crippen LogP contribution is -2.18. The maximum absolute atomic E-state index is 4.42. The van der Waals surface area contributed by atoms with Crippen LogP contribution in [-0.4, -0.2) is 9.81 Å². The van der Waals surface area contributed by atoms with E-state index in [1.807, 2.05) is 12.3 Å². The summed E-state index contributed by atoms with van der Waals surface area (Å²) >= 11 is 3.75. The van der Waals surface area contributed by atoms with Crippen molar-refractivity contribution < 1.29 is 0 Å². The van der Waals surface area contributed by atoms with Crippen molar-refractivity contribution in [2.75, 3.05) is 0 Å². The topological polar surface area (TPSA) is 12.9 Å². The second kappa shape index (κ2) is 4.23. The molecule has 1 aliphatic carbocycles. The SMILES string of the molecule is BrC1CCCCC1c1ccccn1. The summed E-state index contributed by atoms with van der Waals surface area (Å²) in [4.78, 5) is 5.06. The summed E-state index contributed by atoms with van der Waals surface area (Å²) in [6.07, 6.45) is 7.18. The Labute approximate surface area is 87.7 Å². The van der Waals surface area contributed by atoms with E-state index in [4.69, 9.17) is 0 Å². The van der Waals surface area contributed by atoms with Gasteiger partial charge in [0.05, 0.1) is 0 Å². The lowest BCUT2D eigenvalue weighted by molar-refractivity contribution is 0.454. The molecule has 0 aliphatic heterocycles. The second-order valence-electron chi connectivity index (χ2n) is 3.66. The van der Waals surface area contributed by atoms with Crippen LogP contribution in [0.5, 0.6) is 0 Å². The van der Waals surface area contributed by atoms with Crippen LogP contribution in [0.2, 0.25) is 0 Å². The molecule has 0 radical (unpaired) electrons. The average molecular weight is 240 g/mol. The normalized spacial score (nSPS) is 28.7. The Morgan fingerprint density at radius 1 is 1.23 bits per heavy atom. The molecule has 0 amide bonds. The Bertz CT molecular complexity index is 260. The molecule has 0 aromatic carbocycles. The molecule has 70 valence electrons. The van der Waals surface area contributed by atoms with Gasteiger partial charge in [0.1, 0.15) is 0 Å². The van der Waals surface area contributed by atoms with Crippen molar-refractivity contribution in [3.8, 4) is 0 Å². The van der Waals surface area contributed by atoms with Gasteiger partial charge in [-0.2, -0.15) is 0 Å². The van der Waals surface area contributed by atoms with Crippen molar-refractivity contribution in [3.05, 3.63) is 30.1 Å². The van der Waals surface area contributed by atoms with Crippen LogP contribution < -0.4 is 0 Å². The van der Waals surface area contributed by atoms with E-state index in [2.05, 4.69) is 33.0 Å². The zero-order valence-electron chi connectivity index (χ0n) is 7.62. The highest BCUT2D eigenvalue weighted by Gasteiger charge is 2.24.